The van der Waals surface area contributed by atoms with Crippen LogP contribution in [0.4, 0.5) is 14.5 Å². The fourth-order valence-corrected chi connectivity index (χ4v) is 9.23. The van der Waals surface area contributed by atoms with Gasteiger partial charge in [0.25, 0.3) is 5.91 Å². The monoisotopic (exact) mass is 801 g/mol. The zero-order valence-corrected chi connectivity index (χ0v) is 32.3. The third kappa shape index (κ3) is 8.42. The number of anilines is 1. The third-order valence-corrected chi connectivity index (χ3v) is 13.0. The van der Waals surface area contributed by atoms with E-state index in [2.05, 4.69) is 10.3 Å². The van der Waals surface area contributed by atoms with E-state index in [1.54, 1.807) is 30.1 Å². The van der Waals surface area contributed by atoms with Crippen molar-refractivity contribution in [2.24, 2.45) is 5.92 Å². The van der Waals surface area contributed by atoms with Crippen molar-refractivity contribution in [2.45, 2.75) is 69.1 Å². The summed E-state index contributed by atoms with van der Waals surface area (Å²) >= 11 is 2.50. The number of carbonyl (C=O) groups is 4. The number of fused-ring (bicyclic) bond motifs is 1. The summed E-state index contributed by atoms with van der Waals surface area (Å²) in [6.07, 6.45) is 6.89. The van der Waals surface area contributed by atoms with Crippen molar-refractivity contribution in [1.82, 2.24) is 20.1 Å². The number of benzene rings is 2. The number of amides is 4. The summed E-state index contributed by atoms with van der Waals surface area (Å²) in [6.45, 7) is 0.405. The zero-order valence-electron chi connectivity index (χ0n) is 29.8. The second-order valence-electron chi connectivity index (χ2n) is 13.9. The molecule has 4 amide bonds. The summed E-state index contributed by atoms with van der Waals surface area (Å²) in [5.41, 5.74) is -3.82. The quantitative estimate of drug-likeness (QED) is 0.138. The Morgan fingerprint density at radius 1 is 1.02 bits per heavy atom. The Hall–Kier alpha value is -4.08. The Morgan fingerprint density at radius 3 is 2.39 bits per heavy atom. The Labute approximate surface area is 319 Å². The van der Waals surface area contributed by atoms with Gasteiger partial charge in [0, 0.05) is 66.7 Å². The number of rotatable bonds is 12. The van der Waals surface area contributed by atoms with Gasteiger partial charge in [-0.25, -0.2) is 4.98 Å². The van der Waals surface area contributed by atoms with Gasteiger partial charge in [0.2, 0.25) is 17.7 Å². The number of likely N-dealkylation sites (tertiary alicyclic amines) is 1. The minimum Gasteiger partial charge on any atom is -0.349 e. The van der Waals surface area contributed by atoms with Crippen LogP contribution in [0.2, 0.25) is 0 Å². The van der Waals surface area contributed by atoms with Crippen LogP contribution in [0.25, 0.3) is 20.7 Å². The molecule has 2 atom stereocenters. The number of hydrogen-bond donors (Lipinski definition) is 3. The first-order valence-corrected chi connectivity index (χ1v) is 21.1. The topological polar surface area (TPSA) is 160 Å². The van der Waals surface area contributed by atoms with Gasteiger partial charge in [-0.2, -0.15) is 8.78 Å². The Kier molecular flexibility index (Phi) is 12.0. The van der Waals surface area contributed by atoms with Gasteiger partial charge in [-0.05, 0) is 79.5 Å². The number of thiazole rings is 1. The maximum atomic E-state index is 14.6. The number of nitrogens with one attached hydrogen (secondary N) is 1. The number of nitrogens with zero attached hydrogens (tertiary/aromatic N) is 4. The predicted molar refractivity (Wildman–Crippen MR) is 204 cm³/mol. The number of thiophene rings is 1. The van der Waals surface area contributed by atoms with E-state index in [-0.39, 0.29) is 46.9 Å². The Balaban J connectivity index is 1.25. The van der Waals surface area contributed by atoms with Gasteiger partial charge >= 0.3 is 13.3 Å². The number of carbonyl (C=O) groups excluding carboxylic acids is 4. The van der Waals surface area contributed by atoms with Gasteiger partial charge < -0.3 is 29.8 Å². The molecule has 0 spiro atoms. The fourth-order valence-electron chi connectivity index (χ4n) is 7.16. The molecular formula is C37H42F2N5O7PS2. The lowest BCUT2D eigenvalue weighted by molar-refractivity contribution is -0.140. The average molecular weight is 802 g/mol. The van der Waals surface area contributed by atoms with Crippen LogP contribution in [-0.4, -0.2) is 87.5 Å². The van der Waals surface area contributed by atoms with Crippen LogP contribution in [0, 0.1) is 5.92 Å². The van der Waals surface area contributed by atoms with Crippen molar-refractivity contribution in [2.75, 3.05) is 32.1 Å². The van der Waals surface area contributed by atoms with Crippen LogP contribution < -0.4 is 10.2 Å². The van der Waals surface area contributed by atoms with E-state index < -0.39 is 36.8 Å². The summed E-state index contributed by atoms with van der Waals surface area (Å²) in [5.74, 6) is -1.63. The predicted octanol–water partition coefficient (Wildman–Crippen LogP) is 6.43. The van der Waals surface area contributed by atoms with Gasteiger partial charge in [0.1, 0.15) is 17.1 Å². The summed E-state index contributed by atoms with van der Waals surface area (Å²) in [4.78, 5) is 82.9. The van der Waals surface area contributed by atoms with E-state index in [0.29, 0.717) is 42.6 Å². The van der Waals surface area contributed by atoms with Gasteiger partial charge in [-0.15, -0.1) is 22.7 Å². The molecular weight excluding hydrogens is 760 g/mol. The van der Waals surface area contributed by atoms with Crippen LogP contribution in [-0.2, 0) is 24.6 Å². The molecule has 3 N–H and O–H groups in total. The summed E-state index contributed by atoms with van der Waals surface area (Å²) in [6, 6.07) is 10.1. The highest BCUT2D eigenvalue weighted by Gasteiger charge is 2.50. The molecule has 1 unspecified atom stereocenters. The summed E-state index contributed by atoms with van der Waals surface area (Å²) < 4.78 is 40.8. The molecule has 2 aromatic carbocycles. The maximum Gasteiger partial charge on any atom is 0.399 e. The molecule has 288 valence electrons. The van der Waals surface area contributed by atoms with Crippen LogP contribution in [0.1, 0.15) is 66.6 Å². The van der Waals surface area contributed by atoms with Gasteiger partial charge in [-0.3, -0.25) is 23.7 Å². The molecule has 0 bridgehead atoms. The summed E-state index contributed by atoms with van der Waals surface area (Å²) in [5, 5.41) is 5.83. The second kappa shape index (κ2) is 16.3. The molecule has 6 rings (SSSR count). The first-order chi connectivity index (χ1) is 25.7. The standard InChI is InChI=1S/C37H42F2N5O7PS2/c1-42(2)31(45)16-19-43(27-13-10-24(11-14-27)34-40-17-20-53-34)35(47)28-9-6-18-44(28)36(48)32(23-7-4-3-5-8-23)41-33(46)30-22-25-21-26(12-15-29(25)54-30)37(38,39)52(49,50)51/h10-15,17,20-23,28,32H,3-9,16,18-19H2,1-2H3,(H,41,46)(H2,49,50,51)/t28?,32-/m0/s1. The van der Waals surface area contributed by atoms with Crippen molar-refractivity contribution < 1.29 is 42.3 Å². The highest BCUT2D eigenvalue weighted by Crippen LogP contribution is 2.59. The molecule has 17 heteroatoms. The Bertz CT molecular complexity index is 2050. The van der Waals surface area contributed by atoms with E-state index in [9.17, 15) is 42.3 Å². The molecule has 1 aliphatic carbocycles. The minimum absolute atomic E-state index is 0.0714. The molecule has 2 fully saturated rings. The number of alkyl halides is 2. The molecule has 1 aliphatic heterocycles. The van der Waals surface area contributed by atoms with Gasteiger partial charge in [0.05, 0.1) is 4.88 Å². The molecule has 1 saturated carbocycles. The summed E-state index contributed by atoms with van der Waals surface area (Å²) in [7, 11) is -2.50. The molecule has 0 radical (unpaired) electrons. The second-order valence-corrected chi connectivity index (χ2v) is 17.5. The number of hydrogen-bond acceptors (Lipinski definition) is 8. The molecule has 12 nitrogen and oxygen atoms in total. The highest BCUT2D eigenvalue weighted by atomic mass is 32.1. The van der Waals surface area contributed by atoms with Crippen molar-refractivity contribution in [3.63, 3.8) is 0 Å². The molecule has 2 aliphatic rings. The lowest BCUT2D eigenvalue weighted by atomic mass is 9.83. The zero-order chi connectivity index (χ0) is 38.8. The lowest BCUT2D eigenvalue weighted by Crippen LogP contribution is -2.56. The van der Waals surface area contributed by atoms with E-state index in [1.165, 1.54) is 28.4 Å². The highest BCUT2D eigenvalue weighted by molar-refractivity contribution is 7.52. The third-order valence-electron chi connectivity index (χ3n) is 10.1. The lowest BCUT2D eigenvalue weighted by Gasteiger charge is -2.36. The van der Waals surface area contributed by atoms with Crippen molar-refractivity contribution in [1.29, 1.82) is 0 Å². The molecule has 1 saturated heterocycles. The number of aromatic nitrogens is 1. The van der Waals surface area contributed by atoms with Crippen LogP contribution in [0.3, 0.4) is 0 Å². The van der Waals surface area contributed by atoms with Gasteiger partial charge in [0.15, 0.2) is 0 Å². The first-order valence-electron chi connectivity index (χ1n) is 17.8. The average Bonchev–Trinajstić information content (AvgIpc) is 3.95. The molecule has 4 aromatic rings. The van der Waals surface area contributed by atoms with E-state index in [4.69, 9.17) is 0 Å². The van der Waals surface area contributed by atoms with E-state index >= 15 is 0 Å². The van der Waals surface area contributed by atoms with Crippen LogP contribution in [0.5, 0.6) is 0 Å². The number of halogens is 2. The van der Waals surface area contributed by atoms with E-state index in [1.807, 2.05) is 29.6 Å². The largest absolute Gasteiger partial charge is 0.399 e. The smallest absolute Gasteiger partial charge is 0.349 e. The van der Waals surface area contributed by atoms with Gasteiger partial charge in [-0.1, -0.05) is 25.3 Å². The van der Waals surface area contributed by atoms with Crippen LogP contribution in [0.15, 0.2) is 60.1 Å². The van der Waals surface area contributed by atoms with Crippen molar-refractivity contribution in [3.05, 3.63) is 70.5 Å². The van der Waals surface area contributed by atoms with Crippen molar-refractivity contribution >= 4 is 69.7 Å². The Morgan fingerprint density at radius 2 is 1.74 bits per heavy atom. The van der Waals surface area contributed by atoms with E-state index in [0.717, 1.165) is 53.3 Å². The molecule has 3 heterocycles. The minimum atomic E-state index is -5.79. The molecule has 2 aromatic heterocycles. The van der Waals surface area contributed by atoms with Crippen LogP contribution >= 0.6 is 30.3 Å². The normalized spacial score (nSPS) is 17.4. The fraction of sp³-hybridized carbons (Fsp3) is 0.432. The molecule has 54 heavy (non-hydrogen) atoms. The first kappa shape index (κ1) is 39.6. The van der Waals surface area contributed by atoms with Crippen molar-refractivity contribution in [3.8, 4) is 10.6 Å². The maximum absolute atomic E-state index is 14.6. The SMILES string of the molecule is CN(C)C(=O)CCN(C(=O)C1CCCN1C(=O)[C@@H](NC(=O)c1cc2cc(C(F)(F)P(=O)(O)O)ccc2s1)C1CCCCC1)c1ccc(-c2nccs2)cc1.